The van der Waals surface area contributed by atoms with E-state index in [0.29, 0.717) is 16.4 Å². The van der Waals surface area contributed by atoms with Crippen molar-refractivity contribution in [3.8, 4) is 0 Å². The van der Waals surface area contributed by atoms with Crippen molar-refractivity contribution in [1.29, 1.82) is 0 Å². The maximum absolute atomic E-state index is 4.62. The van der Waals surface area contributed by atoms with E-state index in [1.165, 1.54) is 0 Å². The van der Waals surface area contributed by atoms with E-state index in [1.54, 1.807) is 0 Å². The molecule has 2 unspecified atom stereocenters. The SMILES string of the molecule is CSC(C(C)C)C(S)C(C)C. The fourth-order valence-electron chi connectivity index (χ4n) is 1.19. The zero-order valence-electron chi connectivity index (χ0n) is 8.16. The van der Waals surface area contributed by atoms with Crippen LogP contribution < -0.4 is 0 Å². The van der Waals surface area contributed by atoms with Gasteiger partial charge in [0.1, 0.15) is 0 Å². The van der Waals surface area contributed by atoms with Crippen molar-refractivity contribution < 1.29 is 0 Å². The van der Waals surface area contributed by atoms with E-state index < -0.39 is 0 Å². The molecule has 0 radical (unpaired) electrons. The lowest BCUT2D eigenvalue weighted by Gasteiger charge is -2.27. The monoisotopic (exact) mass is 192 g/mol. The lowest BCUT2D eigenvalue weighted by Crippen LogP contribution is -2.27. The second-order valence-corrected chi connectivity index (χ2v) is 5.29. The molecule has 0 nitrogen and oxygen atoms in total. The molecule has 2 atom stereocenters. The predicted molar refractivity (Wildman–Crippen MR) is 59.8 cm³/mol. The van der Waals surface area contributed by atoms with Crippen LogP contribution in [0.25, 0.3) is 0 Å². The van der Waals surface area contributed by atoms with Gasteiger partial charge in [-0.25, -0.2) is 0 Å². The minimum atomic E-state index is 0.532. The first-order valence-corrected chi connectivity index (χ1v) is 6.02. The first-order valence-electron chi connectivity index (χ1n) is 4.21. The fraction of sp³-hybridized carbons (Fsp3) is 1.00. The molecule has 0 amide bonds. The summed E-state index contributed by atoms with van der Waals surface area (Å²) in [6.07, 6.45) is 2.18. The molecule has 0 saturated heterocycles. The van der Waals surface area contributed by atoms with Crippen LogP contribution in [0.4, 0.5) is 0 Å². The molecule has 0 aromatic carbocycles. The average Bonchev–Trinajstić information content (AvgIpc) is 1.88. The van der Waals surface area contributed by atoms with Gasteiger partial charge in [0, 0.05) is 10.5 Å². The van der Waals surface area contributed by atoms with Crippen LogP contribution in [0.3, 0.4) is 0 Å². The van der Waals surface area contributed by atoms with E-state index in [9.17, 15) is 0 Å². The highest BCUT2D eigenvalue weighted by molar-refractivity contribution is 8.00. The summed E-state index contributed by atoms with van der Waals surface area (Å²) in [5.41, 5.74) is 0. The summed E-state index contributed by atoms with van der Waals surface area (Å²) >= 11 is 6.56. The average molecular weight is 192 g/mol. The van der Waals surface area contributed by atoms with Crippen molar-refractivity contribution in [1.82, 2.24) is 0 Å². The lowest BCUT2D eigenvalue weighted by atomic mass is 9.99. The maximum Gasteiger partial charge on any atom is 0.0186 e. The molecule has 0 heterocycles. The Hall–Kier alpha value is 0.700. The summed E-state index contributed by atoms with van der Waals surface area (Å²) in [5, 5.41) is 1.23. The van der Waals surface area contributed by atoms with Crippen molar-refractivity contribution in [2.45, 2.75) is 38.2 Å². The van der Waals surface area contributed by atoms with Crippen LogP contribution in [0, 0.1) is 11.8 Å². The van der Waals surface area contributed by atoms with Crippen LogP contribution in [0.5, 0.6) is 0 Å². The first kappa shape index (κ1) is 11.7. The normalized spacial score (nSPS) is 17.5. The summed E-state index contributed by atoms with van der Waals surface area (Å²) in [7, 11) is 0. The van der Waals surface area contributed by atoms with Crippen LogP contribution >= 0.6 is 24.4 Å². The molecule has 0 bridgehead atoms. The van der Waals surface area contributed by atoms with Gasteiger partial charge in [-0.15, -0.1) is 0 Å². The third kappa shape index (κ3) is 3.75. The fourth-order valence-corrected chi connectivity index (χ4v) is 3.03. The Bertz CT molecular complexity index is 99.7. The summed E-state index contributed by atoms with van der Waals surface area (Å²) < 4.78 is 0. The molecule has 0 aromatic rings. The number of rotatable bonds is 4. The van der Waals surface area contributed by atoms with Gasteiger partial charge < -0.3 is 0 Å². The predicted octanol–water partition coefficient (Wildman–Crippen LogP) is 3.33. The van der Waals surface area contributed by atoms with Crippen molar-refractivity contribution in [3.63, 3.8) is 0 Å². The lowest BCUT2D eigenvalue weighted by molar-refractivity contribution is 0.507. The molecule has 11 heavy (non-hydrogen) atoms. The van der Waals surface area contributed by atoms with Crippen LogP contribution in [-0.4, -0.2) is 16.8 Å². The molecule has 0 spiro atoms. The third-order valence-corrected chi connectivity index (χ3v) is 4.45. The Kier molecular flexibility index (Phi) is 5.71. The highest BCUT2D eigenvalue weighted by Gasteiger charge is 2.22. The largest absolute Gasteiger partial charge is 0.174 e. The number of thiol groups is 1. The Labute approximate surface area is 80.9 Å². The molecule has 0 aliphatic heterocycles. The van der Waals surface area contributed by atoms with Crippen molar-refractivity contribution in [3.05, 3.63) is 0 Å². The van der Waals surface area contributed by atoms with E-state index in [2.05, 4.69) is 46.6 Å². The quantitative estimate of drug-likeness (QED) is 0.667. The van der Waals surface area contributed by atoms with Gasteiger partial charge in [-0.2, -0.15) is 24.4 Å². The molecule has 0 aliphatic carbocycles. The van der Waals surface area contributed by atoms with Crippen LogP contribution in [0.1, 0.15) is 27.7 Å². The van der Waals surface area contributed by atoms with Gasteiger partial charge in [0.2, 0.25) is 0 Å². The number of hydrogen-bond acceptors (Lipinski definition) is 2. The smallest absolute Gasteiger partial charge is 0.0186 e. The zero-order chi connectivity index (χ0) is 9.02. The molecule has 0 fully saturated rings. The van der Waals surface area contributed by atoms with Crippen molar-refractivity contribution >= 4 is 24.4 Å². The Morgan fingerprint density at radius 2 is 1.45 bits per heavy atom. The Balaban J connectivity index is 4.02. The van der Waals surface area contributed by atoms with Gasteiger partial charge in [0.05, 0.1) is 0 Å². The molecule has 0 N–H and O–H groups in total. The Morgan fingerprint density at radius 1 is 1.00 bits per heavy atom. The molecule has 68 valence electrons. The molecule has 0 aliphatic rings. The van der Waals surface area contributed by atoms with Gasteiger partial charge in [-0.1, -0.05) is 27.7 Å². The van der Waals surface area contributed by atoms with Crippen LogP contribution in [0.15, 0.2) is 0 Å². The molecule has 2 heteroatoms. The summed E-state index contributed by atoms with van der Waals surface area (Å²) in [6, 6.07) is 0. The van der Waals surface area contributed by atoms with Crippen LogP contribution in [-0.2, 0) is 0 Å². The summed E-state index contributed by atoms with van der Waals surface area (Å²) in [5.74, 6) is 1.41. The highest BCUT2D eigenvalue weighted by Crippen LogP contribution is 2.28. The van der Waals surface area contributed by atoms with Gasteiger partial charge in [-0.3, -0.25) is 0 Å². The maximum atomic E-state index is 4.62. The Morgan fingerprint density at radius 3 is 1.55 bits per heavy atom. The van der Waals surface area contributed by atoms with Crippen molar-refractivity contribution in [2.24, 2.45) is 11.8 Å². The minimum absolute atomic E-state index is 0.532. The standard InChI is InChI=1S/C9H20S2/c1-6(2)8(10)9(11-5)7(3)4/h6-10H,1-5H3. The van der Waals surface area contributed by atoms with Crippen LogP contribution in [0.2, 0.25) is 0 Å². The molecular formula is C9H20S2. The molecule has 0 saturated carbocycles. The van der Waals surface area contributed by atoms with Crippen molar-refractivity contribution in [2.75, 3.05) is 6.26 Å². The van der Waals surface area contributed by atoms with E-state index in [1.807, 2.05) is 11.8 Å². The van der Waals surface area contributed by atoms with Gasteiger partial charge in [0.15, 0.2) is 0 Å². The molecule has 0 aromatic heterocycles. The summed E-state index contributed by atoms with van der Waals surface area (Å²) in [6.45, 7) is 9.02. The summed E-state index contributed by atoms with van der Waals surface area (Å²) in [4.78, 5) is 0. The molecule has 0 rings (SSSR count). The first-order chi connectivity index (χ1) is 5.00. The zero-order valence-corrected chi connectivity index (χ0v) is 9.88. The topological polar surface area (TPSA) is 0 Å². The second-order valence-electron chi connectivity index (χ2n) is 3.68. The van der Waals surface area contributed by atoms with E-state index in [4.69, 9.17) is 0 Å². The van der Waals surface area contributed by atoms with Gasteiger partial charge in [-0.05, 0) is 18.1 Å². The van der Waals surface area contributed by atoms with E-state index in [0.717, 1.165) is 5.92 Å². The van der Waals surface area contributed by atoms with Gasteiger partial charge in [0.25, 0.3) is 0 Å². The van der Waals surface area contributed by atoms with Gasteiger partial charge >= 0.3 is 0 Å². The number of hydrogen-bond donors (Lipinski definition) is 1. The molecular weight excluding hydrogens is 172 g/mol. The third-order valence-electron chi connectivity index (χ3n) is 1.95. The highest BCUT2D eigenvalue weighted by atomic mass is 32.2. The van der Waals surface area contributed by atoms with E-state index in [-0.39, 0.29) is 0 Å². The minimum Gasteiger partial charge on any atom is -0.174 e. The van der Waals surface area contributed by atoms with E-state index >= 15 is 0 Å². The second kappa shape index (κ2) is 5.36. The number of thioether (sulfide) groups is 1.